The summed E-state index contributed by atoms with van der Waals surface area (Å²) in [6.07, 6.45) is 0. The Morgan fingerprint density at radius 2 is 1.78 bits per heavy atom. The summed E-state index contributed by atoms with van der Waals surface area (Å²) < 4.78 is 0. The highest BCUT2D eigenvalue weighted by atomic mass is 15.2. The zero-order chi connectivity index (χ0) is 13.1. The fourth-order valence-electron chi connectivity index (χ4n) is 2.75. The van der Waals surface area contributed by atoms with Crippen molar-refractivity contribution in [2.24, 2.45) is 5.73 Å². The Bertz CT molecular complexity index is 362. The summed E-state index contributed by atoms with van der Waals surface area (Å²) in [5.41, 5.74) is 8.45. The second-order valence-electron chi connectivity index (χ2n) is 5.69. The number of nitrogens with zero attached hydrogens (tertiary/aromatic N) is 1. The van der Waals surface area contributed by atoms with Gasteiger partial charge in [-0.1, -0.05) is 24.3 Å². The van der Waals surface area contributed by atoms with Crippen LogP contribution in [0, 0.1) is 0 Å². The van der Waals surface area contributed by atoms with Crippen molar-refractivity contribution in [3.05, 3.63) is 35.4 Å². The van der Waals surface area contributed by atoms with E-state index in [1.165, 1.54) is 11.1 Å². The minimum absolute atomic E-state index is 0.123. The van der Waals surface area contributed by atoms with Gasteiger partial charge in [0.15, 0.2) is 0 Å². The van der Waals surface area contributed by atoms with E-state index in [0.29, 0.717) is 12.1 Å². The summed E-state index contributed by atoms with van der Waals surface area (Å²) in [5.74, 6) is 0. The topological polar surface area (TPSA) is 41.3 Å². The van der Waals surface area contributed by atoms with Gasteiger partial charge in [-0.3, -0.25) is 4.90 Å². The van der Waals surface area contributed by atoms with Crippen molar-refractivity contribution >= 4 is 0 Å². The van der Waals surface area contributed by atoms with Crippen LogP contribution in [-0.4, -0.2) is 30.1 Å². The molecule has 18 heavy (non-hydrogen) atoms. The zero-order valence-electron chi connectivity index (χ0n) is 11.7. The lowest BCUT2D eigenvalue weighted by Gasteiger charge is -2.36. The van der Waals surface area contributed by atoms with Crippen LogP contribution in [0.1, 0.15) is 37.9 Å². The third-order valence-corrected chi connectivity index (χ3v) is 3.54. The summed E-state index contributed by atoms with van der Waals surface area (Å²) in [6.45, 7) is 9.81. The van der Waals surface area contributed by atoms with E-state index in [0.717, 1.165) is 19.6 Å². The largest absolute Gasteiger partial charge is 0.324 e. The molecule has 3 heteroatoms. The van der Waals surface area contributed by atoms with E-state index < -0.39 is 0 Å². The van der Waals surface area contributed by atoms with Crippen LogP contribution in [0.5, 0.6) is 0 Å². The second-order valence-corrected chi connectivity index (χ2v) is 5.69. The monoisotopic (exact) mass is 247 g/mol. The fourth-order valence-corrected chi connectivity index (χ4v) is 2.75. The van der Waals surface area contributed by atoms with Gasteiger partial charge in [0.1, 0.15) is 0 Å². The minimum Gasteiger partial charge on any atom is -0.324 e. The molecule has 1 fully saturated rings. The molecular weight excluding hydrogens is 222 g/mol. The molecule has 0 radical (unpaired) electrons. The first kappa shape index (κ1) is 13.5. The number of hydrogen-bond acceptors (Lipinski definition) is 3. The average Bonchev–Trinajstić information content (AvgIpc) is 2.28. The van der Waals surface area contributed by atoms with Crippen LogP contribution in [-0.2, 0) is 6.54 Å². The number of hydrogen-bond donors (Lipinski definition) is 2. The van der Waals surface area contributed by atoms with Crippen LogP contribution in [0.4, 0.5) is 0 Å². The molecule has 100 valence electrons. The Morgan fingerprint density at radius 1 is 1.22 bits per heavy atom. The molecule has 1 aromatic rings. The van der Waals surface area contributed by atoms with Crippen molar-refractivity contribution in [1.29, 1.82) is 0 Å². The first-order chi connectivity index (χ1) is 8.54. The van der Waals surface area contributed by atoms with Crippen molar-refractivity contribution in [1.82, 2.24) is 10.2 Å². The van der Waals surface area contributed by atoms with Crippen molar-refractivity contribution in [2.45, 2.75) is 45.4 Å². The van der Waals surface area contributed by atoms with Gasteiger partial charge in [-0.2, -0.15) is 0 Å². The summed E-state index contributed by atoms with van der Waals surface area (Å²) in [5, 5.41) is 3.56. The Kier molecular flexibility index (Phi) is 4.38. The number of piperazine rings is 1. The molecule has 1 aliphatic rings. The van der Waals surface area contributed by atoms with Gasteiger partial charge in [0.25, 0.3) is 0 Å². The molecule has 0 aromatic heterocycles. The van der Waals surface area contributed by atoms with E-state index in [9.17, 15) is 0 Å². The average molecular weight is 247 g/mol. The predicted octanol–water partition coefficient (Wildman–Crippen LogP) is 1.89. The second kappa shape index (κ2) is 5.83. The van der Waals surface area contributed by atoms with Gasteiger partial charge in [-0.25, -0.2) is 0 Å². The summed E-state index contributed by atoms with van der Waals surface area (Å²) in [7, 11) is 0. The van der Waals surface area contributed by atoms with Crippen LogP contribution in [0.15, 0.2) is 24.3 Å². The normalized spacial score (nSPS) is 27.1. The molecule has 1 saturated heterocycles. The van der Waals surface area contributed by atoms with Gasteiger partial charge in [0, 0.05) is 37.8 Å². The number of nitrogens with one attached hydrogen (secondary N) is 1. The number of benzene rings is 1. The Balaban J connectivity index is 1.96. The maximum atomic E-state index is 5.87. The van der Waals surface area contributed by atoms with E-state index in [4.69, 9.17) is 5.73 Å². The lowest BCUT2D eigenvalue weighted by atomic mass is 10.1. The van der Waals surface area contributed by atoms with Crippen LogP contribution in [0.3, 0.4) is 0 Å². The van der Waals surface area contributed by atoms with E-state index in [-0.39, 0.29) is 6.04 Å². The Morgan fingerprint density at radius 3 is 2.28 bits per heavy atom. The van der Waals surface area contributed by atoms with Crippen molar-refractivity contribution in [2.75, 3.05) is 13.1 Å². The molecule has 3 N–H and O–H groups in total. The Hall–Kier alpha value is -0.900. The van der Waals surface area contributed by atoms with Gasteiger partial charge in [-0.15, -0.1) is 0 Å². The van der Waals surface area contributed by atoms with E-state index >= 15 is 0 Å². The van der Waals surface area contributed by atoms with Gasteiger partial charge in [0.2, 0.25) is 0 Å². The summed E-state index contributed by atoms with van der Waals surface area (Å²) in [4.78, 5) is 2.52. The lowest BCUT2D eigenvalue weighted by Crippen LogP contribution is -2.53. The van der Waals surface area contributed by atoms with Crippen molar-refractivity contribution in [3.63, 3.8) is 0 Å². The molecule has 0 bridgehead atoms. The van der Waals surface area contributed by atoms with E-state index in [1.54, 1.807) is 0 Å². The van der Waals surface area contributed by atoms with Crippen molar-refractivity contribution in [3.8, 4) is 0 Å². The lowest BCUT2D eigenvalue weighted by molar-refractivity contribution is 0.166. The highest BCUT2D eigenvalue weighted by Gasteiger charge is 2.20. The molecule has 0 unspecified atom stereocenters. The molecule has 0 saturated carbocycles. The molecule has 3 atom stereocenters. The SMILES string of the molecule is C[C@@H]1CN(Cc2ccc([C@H](C)N)cc2)C[C@H](C)N1. The Labute approximate surface area is 110 Å². The highest BCUT2D eigenvalue weighted by Crippen LogP contribution is 2.14. The molecule has 2 rings (SSSR count). The summed E-state index contributed by atoms with van der Waals surface area (Å²) in [6, 6.07) is 9.99. The highest BCUT2D eigenvalue weighted by molar-refractivity contribution is 5.24. The molecule has 3 nitrogen and oxygen atoms in total. The van der Waals surface area contributed by atoms with Crippen LogP contribution >= 0.6 is 0 Å². The third kappa shape index (κ3) is 3.55. The first-order valence-corrected chi connectivity index (χ1v) is 6.87. The predicted molar refractivity (Wildman–Crippen MR) is 76.4 cm³/mol. The molecule has 1 heterocycles. The molecule has 0 spiro atoms. The van der Waals surface area contributed by atoms with Gasteiger partial charge in [0.05, 0.1) is 0 Å². The quantitative estimate of drug-likeness (QED) is 0.857. The smallest absolute Gasteiger partial charge is 0.0266 e. The fraction of sp³-hybridized carbons (Fsp3) is 0.600. The standard InChI is InChI=1S/C15H25N3/c1-11-8-18(9-12(2)17-11)10-14-4-6-15(7-5-14)13(3)16/h4-7,11-13,17H,8-10,16H2,1-3H3/t11-,12+,13-/m0/s1. The first-order valence-electron chi connectivity index (χ1n) is 6.87. The van der Waals surface area contributed by atoms with E-state index in [2.05, 4.69) is 48.3 Å². The van der Waals surface area contributed by atoms with Gasteiger partial charge < -0.3 is 11.1 Å². The maximum absolute atomic E-state index is 5.87. The number of nitrogens with two attached hydrogens (primary N) is 1. The third-order valence-electron chi connectivity index (χ3n) is 3.54. The molecule has 0 aliphatic carbocycles. The van der Waals surface area contributed by atoms with Crippen molar-refractivity contribution < 1.29 is 0 Å². The zero-order valence-corrected chi connectivity index (χ0v) is 11.7. The number of rotatable bonds is 3. The van der Waals surface area contributed by atoms with E-state index in [1.807, 2.05) is 6.92 Å². The van der Waals surface area contributed by atoms with Crippen LogP contribution in [0.2, 0.25) is 0 Å². The van der Waals surface area contributed by atoms with Gasteiger partial charge in [-0.05, 0) is 31.9 Å². The maximum Gasteiger partial charge on any atom is 0.0266 e. The molecule has 1 aliphatic heterocycles. The minimum atomic E-state index is 0.123. The molecule has 0 amide bonds. The molecule has 1 aromatic carbocycles. The van der Waals surface area contributed by atoms with Crippen LogP contribution < -0.4 is 11.1 Å². The summed E-state index contributed by atoms with van der Waals surface area (Å²) >= 11 is 0. The molecular formula is C15H25N3. The van der Waals surface area contributed by atoms with Crippen LogP contribution in [0.25, 0.3) is 0 Å². The van der Waals surface area contributed by atoms with Gasteiger partial charge >= 0.3 is 0 Å².